The molecule has 0 saturated heterocycles. The van der Waals surface area contributed by atoms with Crippen molar-refractivity contribution in [3.63, 3.8) is 0 Å². The summed E-state index contributed by atoms with van der Waals surface area (Å²) in [7, 11) is 0. The van der Waals surface area contributed by atoms with E-state index in [1.54, 1.807) is 24.3 Å². The highest BCUT2D eigenvalue weighted by atomic mass is 79.9. The van der Waals surface area contributed by atoms with Crippen molar-refractivity contribution in [1.82, 2.24) is 0 Å². The van der Waals surface area contributed by atoms with Gasteiger partial charge in [-0.2, -0.15) is 13.2 Å². The van der Waals surface area contributed by atoms with Gasteiger partial charge in [0.2, 0.25) is 0 Å². The molecule has 94 valence electrons. The molecule has 0 saturated carbocycles. The van der Waals surface area contributed by atoms with Gasteiger partial charge in [-0.25, -0.2) is 0 Å². The Balaban J connectivity index is 2.65. The maximum absolute atomic E-state index is 12.5. The first kappa shape index (κ1) is 14.2. The second kappa shape index (κ2) is 5.68. The Morgan fingerprint density at radius 3 is 2.29 bits per heavy atom. The van der Waals surface area contributed by atoms with Crippen molar-refractivity contribution in [2.45, 2.75) is 6.18 Å². The molecule has 17 heavy (non-hydrogen) atoms. The SMILES string of the molecule is NC(=S)C(COc1ccc(Br)cc1)C(F)(F)F. The van der Waals surface area contributed by atoms with Crippen molar-refractivity contribution >= 4 is 33.1 Å². The number of thiocarbonyl (C=S) groups is 1. The summed E-state index contributed by atoms with van der Waals surface area (Å²) < 4.78 is 43.3. The molecule has 0 aliphatic heterocycles. The Morgan fingerprint density at radius 2 is 1.88 bits per heavy atom. The van der Waals surface area contributed by atoms with Crippen LogP contribution in [0.2, 0.25) is 0 Å². The molecule has 0 amide bonds. The van der Waals surface area contributed by atoms with Crippen LogP contribution < -0.4 is 10.5 Å². The highest BCUT2D eigenvalue weighted by Crippen LogP contribution is 2.27. The van der Waals surface area contributed by atoms with E-state index in [-0.39, 0.29) is 0 Å². The summed E-state index contributed by atoms with van der Waals surface area (Å²) in [6.07, 6.45) is -4.48. The monoisotopic (exact) mass is 327 g/mol. The zero-order valence-electron chi connectivity index (χ0n) is 8.50. The summed E-state index contributed by atoms with van der Waals surface area (Å²) in [6, 6.07) is 6.44. The third-order valence-electron chi connectivity index (χ3n) is 1.97. The summed E-state index contributed by atoms with van der Waals surface area (Å²) in [4.78, 5) is -0.616. The predicted octanol–water partition coefficient (Wildman–Crippen LogP) is 3.29. The fraction of sp³-hybridized carbons (Fsp3) is 0.300. The third-order valence-corrected chi connectivity index (χ3v) is 2.78. The van der Waals surface area contributed by atoms with Gasteiger partial charge in [0.15, 0.2) is 0 Å². The Hall–Kier alpha value is -0.820. The van der Waals surface area contributed by atoms with Crippen LogP contribution >= 0.6 is 28.1 Å². The van der Waals surface area contributed by atoms with Gasteiger partial charge in [0.1, 0.15) is 18.3 Å². The molecular formula is C10H9BrF3NOS. The van der Waals surface area contributed by atoms with Crippen molar-refractivity contribution in [3.05, 3.63) is 28.7 Å². The van der Waals surface area contributed by atoms with E-state index < -0.39 is 23.7 Å². The second-order valence-corrected chi connectivity index (χ2v) is 4.65. The summed E-state index contributed by atoms with van der Waals surface area (Å²) in [5, 5.41) is 0. The maximum Gasteiger partial charge on any atom is 0.401 e. The molecule has 0 fully saturated rings. The van der Waals surface area contributed by atoms with E-state index in [9.17, 15) is 13.2 Å². The van der Waals surface area contributed by atoms with Crippen LogP contribution in [0.1, 0.15) is 0 Å². The minimum atomic E-state index is -4.48. The Kier molecular flexibility index (Phi) is 4.76. The van der Waals surface area contributed by atoms with E-state index in [1.807, 2.05) is 0 Å². The van der Waals surface area contributed by atoms with E-state index in [0.29, 0.717) is 5.75 Å². The first-order chi connectivity index (χ1) is 7.80. The highest BCUT2D eigenvalue weighted by molar-refractivity contribution is 9.10. The molecule has 0 aliphatic rings. The lowest BCUT2D eigenvalue weighted by molar-refractivity contribution is -0.161. The van der Waals surface area contributed by atoms with Crippen LogP contribution in [0.25, 0.3) is 0 Å². The molecule has 1 unspecified atom stereocenters. The molecule has 1 atom stereocenters. The molecule has 0 spiro atoms. The van der Waals surface area contributed by atoms with Crippen LogP contribution in [0.3, 0.4) is 0 Å². The van der Waals surface area contributed by atoms with Gasteiger partial charge < -0.3 is 10.5 Å². The van der Waals surface area contributed by atoms with Crippen molar-refractivity contribution in [1.29, 1.82) is 0 Å². The van der Waals surface area contributed by atoms with E-state index in [0.717, 1.165) is 4.47 Å². The van der Waals surface area contributed by atoms with E-state index in [2.05, 4.69) is 28.1 Å². The average Bonchev–Trinajstić information content (AvgIpc) is 2.18. The van der Waals surface area contributed by atoms with Gasteiger partial charge in [-0.3, -0.25) is 0 Å². The average molecular weight is 328 g/mol. The number of rotatable bonds is 4. The van der Waals surface area contributed by atoms with Crippen LogP contribution in [0, 0.1) is 5.92 Å². The fourth-order valence-corrected chi connectivity index (χ4v) is 1.51. The van der Waals surface area contributed by atoms with Gasteiger partial charge in [0.05, 0.1) is 4.99 Å². The molecule has 0 bridgehead atoms. The molecular weight excluding hydrogens is 319 g/mol. The quantitative estimate of drug-likeness (QED) is 0.862. The molecule has 0 radical (unpaired) electrons. The van der Waals surface area contributed by atoms with Gasteiger partial charge in [0, 0.05) is 4.47 Å². The van der Waals surface area contributed by atoms with Gasteiger partial charge in [-0.15, -0.1) is 0 Å². The van der Waals surface area contributed by atoms with Crippen LogP contribution in [0.15, 0.2) is 28.7 Å². The molecule has 2 N–H and O–H groups in total. The smallest absolute Gasteiger partial charge is 0.401 e. The highest BCUT2D eigenvalue weighted by Gasteiger charge is 2.42. The molecule has 1 aromatic rings. The Morgan fingerprint density at radius 1 is 1.35 bits per heavy atom. The number of alkyl halides is 3. The van der Waals surface area contributed by atoms with Crippen molar-refractivity contribution in [2.24, 2.45) is 11.7 Å². The third kappa shape index (κ3) is 4.51. The number of hydrogen-bond donors (Lipinski definition) is 1. The predicted molar refractivity (Wildman–Crippen MR) is 66.0 cm³/mol. The molecule has 1 aromatic carbocycles. The molecule has 2 nitrogen and oxygen atoms in total. The van der Waals surface area contributed by atoms with Crippen LogP contribution in [0.4, 0.5) is 13.2 Å². The van der Waals surface area contributed by atoms with Gasteiger partial charge in [-0.1, -0.05) is 28.1 Å². The summed E-state index contributed by atoms with van der Waals surface area (Å²) in [5.74, 6) is -1.60. The Labute approximate surface area is 110 Å². The summed E-state index contributed by atoms with van der Waals surface area (Å²) >= 11 is 7.58. The minimum absolute atomic E-state index is 0.332. The molecule has 1 rings (SSSR count). The van der Waals surface area contributed by atoms with Gasteiger partial charge in [-0.05, 0) is 24.3 Å². The van der Waals surface area contributed by atoms with Gasteiger partial charge in [0.25, 0.3) is 0 Å². The number of hydrogen-bond acceptors (Lipinski definition) is 2. The maximum atomic E-state index is 12.5. The van der Waals surface area contributed by atoms with Gasteiger partial charge >= 0.3 is 6.18 Å². The molecule has 0 heterocycles. The molecule has 7 heteroatoms. The Bertz CT molecular complexity index is 394. The number of ether oxygens (including phenoxy) is 1. The number of benzene rings is 1. The van der Waals surface area contributed by atoms with Crippen LogP contribution in [-0.4, -0.2) is 17.8 Å². The minimum Gasteiger partial charge on any atom is -0.493 e. The second-order valence-electron chi connectivity index (χ2n) is 3.26. The summed E-state index contributed by atoms with van der Waals surface area (Å²) in [6.45, 7) is -0.611. The van der Waals surface area contributed by atoms with Crippen LogP contribution in [0.5, 0.6) is 5.75 Å². The standard InChI is InChI=1S/C10H9BrF3NOS/c11-6-1-3-7(4-2-6)16-5-8(9(15)17)10(12,13)14/h1-4,8H,5H2,(H2,15,17). The van der Waals surface area contributed by atoms with E-state index in [4.69, 9.17) is 10.5 Å². The van der Waals surface area contributed by atoms with Crippen molar-refractivity contribution < 1.29 is 17.9 Å². The largest absolute Gasteiger partial charge is 0.493 e. The first-order valence-electron chi connectivity index (χ1n) is 4.55. The number of halogens is 4. The first-order valence-corrected chi connectivity index (χ1v) is 5.75. The lowest BCUT2D eigenvalue weighted by Crippen LogP contribution is -2.38. The van der Waals surface area contributed by atoms with E-state index in [1.165, 1.54) is 0 Å². The van der Waals surface area contributed by atoms with Crippen molar-refractivity contribution in [3.8, 4) is 5.75 Å². The molecule has 0 aromatic heterocycles. The zero-order valence-corrected chi connectivity index (χ0v) is 10.9. The van der Waals surface area contributed by atoms with Crippen LogP contribution in [-0.2, 0) is 0 Å². The van der Waals surface area contributed by atoms with E-state index >= 15 is 0 Å². The topological polar surface area (TPSA) is 35.2 Å². The lowest BCUT2D eigenvalue weighted by Gasteiger charge is -2.19. The lowest BCUT2D eigenvalue weighted by atomic mass is 10.1. The number of nitrogens with two attached hydrogens (primary N) is 1. The fourth-order valence-electron chi connectivity index (χ4n) is 1.05. The normalized spacial score (nSPS) is 13.2. The van der Waals surface area contributed by atoms with Crippen molar-refractivity contribution in [2.75, 3.05) is 6.61 Å². The summed E-state index contributed by atoms with van der Waals surface area (Å²) in [5.41, 5.74) is 5.04. The molecule has 0 aliphatic carbocycles. The zero-order chi connectivity index (χ0) is 13.1.